The molecule has 1 heterocycles. The van der Waals surface area contributed by atoms with Gasteiger partial charge in [-0.25, -0.2) is 4.79 Å². The largest absolute Gasteiger partial charge is 0.462 e. The number of aromatic nitrogens is 2. The molecule has 0 aliphatic heterocycles. The lowest BCUT2D eigenvalue weighted by Gasteiger charge is -2.02. The molecule has 0 aliphatic carbocycles. The molecule has 0 atom stereocenters. The predicted molar refractivity (Wildman–Crippen MR) is 53.3 cm³/mol. The van der Waals surface area contributed by atoms with Crippen LogP contribution < -0.4 is 0 Å². The molecule has 0 saturated heterocycles. The molecule has 1 aromatic rings. The topological polar surface area (TPSA) is 44.1 Å². The van der Waals surface area contributed by atoms with Gasteiger partial charge in [0.05, 0.1) is 12.3 Å². The van der Waals surface area contributed by atoms with E-state index in [1.54, 1.807) is 17.8 Å². The third-order valence-corrected chi connectivity index (χ3v) is 1.94. The maximum atomic E-state index is 11.4. The Bertz CT molecular complexity index is 329. The zero-order valence-corrected chi connectivity index (χ0v) is 9.07. The Morgan fingerprint density at radius 3 is 2.71 bits per heavy atom. The van der Waals surface area contributed by atoms with Gasteiger partial charge in [0, 0.05) is 12.2 Å². The number of aryl methyl sites for hydroxylation is 1. The standard InChI is InChI=1S/C10H16N2O2/c1-5-14-10(13)9-6-12(7(2)3)11-8(9)4/h6-7H,5H2,1-4H3. The van der Waals surface area contributed by atoms with E-state index in [4.69, 9.17) is 4.74 Å². The highest BCUT2D eigenvalue weighted by atomic mass is 16.5. The molecule has 0 saturated carbocycles. The van der Waals surface area contributed by atoms with E-state index in [1.165, 1.54) is 0 Å². The molecule has 0 N–H and O–H groups in total. The summed E-state index contributed by atoms with van der Waals surface area (Å²) in [5.74, 6) is -0.295. The quantitative estimate of drug-likeness (QED) is 0.694. The highest BCUT2D eigenvalue weighted by molar-refractivity contribution is 5.90. The summed E-state index contributed by atoms with van der Waals surface area (Å²) < 4.78 is 6.68. The van der Waals surface area contributed by atoms with E-state index in [9.17, 15) is 4.79 Å². The first-order valence-electron chi connectivity index (χ1n) is 4.79. The maximum absolute atomic E-state index is 11.4. The molecule has 1 aromatic heterocycles. The summed E-state index contributed by atoms with van der Waals surface area (Å²) in [6.07, 6.45) is 1.73. The van der Waals surface area contributed by atoms with Crippen LogP contribution in [-0.4, -0.2) is 22.4 Å². The van der Waals surface area contributed by atoms with E-state index in [-0.39, 0.29) is 12.0 Å². The first kappa shape index (κ1) is 10.8. The molecule has 0 aromatic carbocycles. The molecule has 0 amide bonds. The van der Waals surface area contributed by atoms with Crippen molar-refractivity contribution in [1.29, 1.82) is 0 Å². The van der Waals surface area contributed by atoms with Crippen molar-refractivity contribution >= 4 is 5.97 Å². The number of rotatable bonds is 3. The number of hydrogen-bond acceptors (Lipinski definition) is 3. The molecule has 0 fully saturated rings. The molecule has 0 radical (unpaired) electrons. The van der Waals surface area contributed by atoms with Crippen LogP contribution in [0.3, 0.4) is 0 Å². The van der Waals surface area contributed by atoms with Crippen LogP contribution in [-0.2, 0) is 4.74 Å². The average Bonchev–Trinajstić information content (AvgIpc) is 2.48. The van der Waals surface area contributed by atoms with E-state index >= 15 is 0 Å². The molecule has 4 heteroatoms. The summed E-state index contributed by atoms with van der Waals surface area (Å²) in [7, 11) is 0. The zero-order chi connectivity index (χ0) is 10.7. The molecular weight excluding hydrogens is 180 g/mol. The molecule has 4 nitrogen and oxygen atoms in total. The maximum Gasteiger partial charge on any atom is 0.341 e. The van der Waals surface area contributed by atoms with Gasteiger partial charge in [-0.15, -0.1) is 0 Å². The van der Waals surface area contributed by atoms with Gasteiger partial charge in [-0.3, -0.25) is 4.68 Å². The smallest absolute Gasteiger partial charge is 0.341 e. The Morgan fingerprint density at radius 2 is 2.29 bits per heavy atom. The third kappa shape index (κ3) is 2.13. The summed E-state index contributed by atoms with van der Waals surface area (Å²) in [5, 5.41) is 4.23. The summed E-state index contributed by atoms with van der Waals surface area (Å²) in [5.41, 5.74) is 1.28. The minimum atomic E-state index is -0.295. The van der Waals surface area contributed by atoms with Gasteiger partial charge < -0.3 is 4.74 Å². The van der Waals surface area contributed by atoms with Crippen molar-refractivity contribution < 1.29 is 9.53 Å². The fourth-order valence-corrected chi connectivity index (χ4v) is 1.16. The Balaban J connectivity index is 2.92. The summed E-state index contributed by atoms with van der Waals surface area (Å²) in [4.78, 5) is 11.4. The second-order valence-electron chi connectivity index (χ2n) is 3.42. The monoisotopic (exact) mass is 196 g/mol. The Hall–Kier alpha value is -1.32. The van der Waals surface area contributed by atoms with Crippen LogP contribution in [0.2, 0.25) is 0 Å². The van der Waals surface area contributed by atoms with Gasteiger partial charge in [-0.05, 0) is 27.7 Å². The molecule has 14 heavy (non-hydrogen) atoms. The average molecular weight is 196 g/mol. The Labute approximate surface area is 83.9 Å². The first-order valence-corrected chi connectivity index (χ1v) is 4.79. The van der Waals surface area contributed by atoms with Crippen LogP contribution in [0.25, 0.3) is 0 Å². The fraction of sp³-hybridized carbons (Fsp3) is 0.600. The van der Waals surface area contributed by atoms with Crippen molar-refractivity contribution in [3.05, 3.63) is 17.5 Å². The van der Waals surface area contributed by atoms with Crippen molar-refractivity contribution in [2.75, 3.05) is 6.61 Å². The minimum Gasteiger partial charge on any atom is -0.462 e. The summed E-state index contributed by atoms with van der Waals surface area (Å²) >= 11 is 0. The highest BCUT2D eigenvalue weighted by Crippen LogP contribution is 2.11. The lowest BCUT2D eigenvalue weighted by Crippen LogP contribution is -2.05. The zero-order valence-electron chi connectivity index (χ0n) is 9.07. The van der Waals surface area contributed by atoms with Gasteiger partial charge in [0.15, 0.2) is 0 Å². The van der Waals surface area contributed by atoms with Crippen LogP contribution in [0.15, 0.2) is 6.20 Å². The van der Waals surface area contributed by atoms with Crippen LogP contribution in [0.5, 0.6) is 0 Å². The lowest BCUT2D eigenvalue weighted by atomic mass is 10.3. The molecule has 0 aliphatic rings. The van der Waals surface area contributed by atoms with Crippen LogP contribution >= 0.6 is 0 Å². The van der Waals surface area contributed by atoms with Crippen molar-refractivity contribution in [3.8, 4) is 0 Å². The first-order chi connectivity index (χ1) is 6.56. The molecule has 78 valence electrons. The normalized spacial score (nSPS) is 10.6. The van der Waals surface area contributed by atoms with Gasteiger partial charge in [0.25, 0.3) is 0 Å². The molecule has 1 rings (SSSR count). The number of carbonyl (C=O) groups excluding carboxylic acids is 1. The highest BCUT2D eigenvalue weighted by Gasteiger charge is 2.14. The van der Waals surface area contributed by atoms with E-state index in [0.29, 0.717) is 12.2 Å². The van der Waals surface area contributed by atoms with Gasteiger partial charge in [-0.2, -0.15) is 5.10 Å². The van der Waals surface area contributed by atoms with Gasteiger partial charge in [-0.1, -0.05) is 0 Å². The van der Waals surface area contributed by atoms with Crippen molar-refractivity contribution in [3.63, 3.8) is 0 Å². The Kier molecular flexibility index (Phi) is 3.28. The minimum absolute atomic E-state index is 0.261. The van der Waals surface area contributed by atoms with Crippen LogP contribution in [0.1, 0.15) is 42.9 Å². The molecular formula is C10H16N2O2. The van der Waals surface area contributed by atoms with Crippen LogP contribution in [0, 0.1) is 6.92 Å². The Morgan fingerprint density at radius 1 is 1.64 bits per heavy atom. The number of nitrogens with zero attached hydrogens (tertiary/aromatic N) is 2. The van der Waals surface area contributed by atoms with Gasteiger partial charge in [0.1, 0.15) is 5.56 Å². The van der Waals surface area contributed by atoms with Crippen LogP contribution in [0.4, 0.5) is 0 Å². The van der Waals surface area contributed by atoms with E-state index in [0.717, 1.165) is 5.69 Å². The summed E-state index contributed by atoms with van der Waals surface area (Å²) in [6, 6.07) is 0.261. The number of esters is 1. The van der Waals surface area contributed by atoms with Gasteiger partial charge in [0.2, 0.25) is 0 Å². The molecule has 0 spiro atoms. The fourth-order valence-electron chi connectivity index (χ4n) is 1.16. The van der Waals surface area contributed by atoms with Crippen molar-refractivity contribution in [2.24, 2.45) is 0 Å². The number of carbonyl (C=O) groups is 1. The molecule has 0 bridgehead atoms. The second kappa shape index (κ2) is 4.26. The SMILES string of the molecule is CCOC(=O)c1cn(C(C)C)nc1C. The van der Waals surface area contributed by atoms with E-state index in [2.05, 4.69) is 5.10 Å². The van der Waals surface area contributed by atoms with Crippen molar-refractivity contribution in [2.45, 2.75) is 33.7 Å². The predicted octanol–water partition coefficient (Wildman–Crippen LogP) is 1.95. The number of ether oxygens (including phenoxy) is 1. The van der Waals surface area contributed by atoms with E-state index in [1.807, 2.05) is 20.8 Å². The summed E-state index contributed by atoms with van der Waals surface area (Å²) in [6.45, 7) is 8.03. The second-order valence-corrected chi connectivity index (χ2v) is 3.42. The third-order valence-electron chi connectivity index (χ3n) is 1.94. The molecule has 0 unspecified atom stereocenters. The van der Waals surface area contributed by atoms with Crippen molar-refractivity contribution in [1.82, 2.24) is 9.78 Å². The number of hydrogen-bond donors (Lipinski definition) is 0. The van der Waals surface area contributed by atoms with E-state index < -0.39 is 0 Å². The van der Waals surface area contributed by atoms with Gasteiger partial charge >= 0.3 is 5.97 Å². The lowest BCUT2D eigenvalue weighted by molar-refractivity contribution is 0.0525.